The van der Waals surface area contributed by atoms with Crippen molar-refractivity contribution in [3.8, 4) is 5.75 Å². The first-order chi connectivity index (χ1) is 11.6. The van der Waals surface area contributed by atoms with Gasteiger partial charge in [-0.15, -0.1) is 0 Å². The number of hydrogen-bond acceptors (Lipinski definition) is 2. The lowest BCUT2D eigenvalue weighted by atomic mass is 9.75. The highest BCUT2D eigenvalue weighted by molar-refractivity contribution is 6.42. The predicted molar refractivity (Wildman–Crippen MR) is 101 cm³/mol. The van der Waals surface area contributed by atoms with E-state index < -0.39 is 0 Å². The van der Waals surface area contributed by atoms with Gasteiger partial charge in [-0.3, -0.25) is 0 Å². The maximum atomic E-state index is 6.53. The number of nitrogens with one attached hydrogen (secondary N) is 1. The SMILES string of the molecule is COc1ccc(C)c2c1N[C@H](c1cccc(Cl)c1Cl)[C@H]1CC=C[C@@H]21. The van der Waals surface area contributed by atoms with Crippen LogP contribution < -0.4 is 10.1 Å². The quantitative estimate of drug-likeness (QED) is 0.650. The van der Waals surface area contributed by atoms with E-state index in [1.165, 1.54) is 11.1 Å². The highest BCUT2D eigenvalue weighted by Crippen LogP contribution is 2.54. The normalized spacial score (nSPS) is 24.2. The molecular formula is C20H19Cl2NO. The van der Waals surface area contributed by atoms with Gasteiger partial charge in [0.05, 0.1) is 28.9 Å². The topological polar surface area (TPSA) is 21.3 Å². The minimum atomic E-state index is 0.111. The Morgan fingerprint density at radius 3 is 2.79 bits per heavy atom. The zero-order valence-electron chi connectivity index (χ0n) is 13.6. The second-order valence-electron chi connectivity index (χ2n) is 6.49. The number of hydrogen-bond donors (Lipinski definition) is 1. The third-order valence-electron chi connectivity index (χ3n) is 5.24. The predicted octanol–water partition coefficient (Wildman–Crippen LogP) is 6.14. The van der Waals surface area contributed by atoms with Crippen LogP contribution in [-0.4, -0.2) is 7.11 Å². The minimum absolute atomic E-state index is 0.111. The fourth-order valence-corrected chi connectivity index (χ4v) is 4.53. The maximum absolute atomic E-state index is 6.53. The highest BCUT2D eigenvalue weighted by Gasteiger charge is 2.40. The molecule has 3 atom stereocenters. The smallest absolute Gasteiger partial charge is 0.142 e. The summed E-state index contributed by atoms with van der Waals surface area (Å²) in [5.41, 5.74) is 4.75. The molecule has 0 saturated heterocycles. The van der Waals surface area contributed by atoms with Gasteiger partial charge >= 0.3 is 0 Å². The number of allylic oxidation sites excluding steroid dienone is 2. The number of methoxy groups -OCH3 is 1. The number of halogens is 2. The number of aryl methyl sites for hydroxylation is 1. The molecule has 2 aromatic carbocycles. The van der Waals surface area contributed by atoms with Gasteiger partial charge in [0.15, 0.2) is 0 Å². The van der Waals surface area contributed by atoms with E-state index in [1.54, 1.807) is 7.11 Å². The average Bonchev–Trinajstić information content (AvgIpc) is 3.06. The molecule has 0 radical (unpaired) electrons. The molecule has 124 valence electrons. The molecule has 4 heteroatoms. The monoisotopic (exact) mass is 359 g/mol. The number of benzene rings is 2. The molecule has 0 aromatic heterocycles. The first-order valence-corrected chi connectivity index (χ1v) is 8.92. The molecule has 1 aliphatic carbocycles. The van der Waals surface area contributed by atoms with Crippen LogP contribution in [0, 0.1) is 12.8 Å². The van der Waals surface area contributed by atoms with Gasteiger partial charge < -0.3 is 10.1 Å². The number of fused-ring (bicyclic) bond motifs is 3. The zero-order valence-corrected chi connectivity index (χ0v) is 15.2. The van der Waals surface area contributed by atoms with E-state index in [0.29, 0.717) is 21.9 Å². The molecule has 2 aliphatic rings. The Bertz CT molecular complexity index is 831. The van der Waals surface area contributed by atoms with Crippen molar-refractivity contribution in [3.05, 3.63) is 69.2 Å². The number of ether oxygens (including phenoxy) is 1. The third-order valence-corrected chi connectivity index (χ3v) is 6.07. The van der Waals surface area contributed by atoms with Crippen LogP contribution >= 0.6 is 23.2 Å². The van der Waals surface area contributed by atoms with Crippen molar-refractivity contribution in [3.63, 3.8) is 0 Å². The molecule has 2 aromatic rings. The molecule has 0 spiro atoms. The lowest BCUT2D eigenvalue weighted by Gasteiger charge is -2.39. The highest BCUT2D eigenvalue weighted by atomic mass is 35.5. The second-order valence-corrected chi connectivity index (χ2v) is 7.28. The van der Waals surface area contributed by atoms with Gasteiger partial charge in [-0.25, -0.2) is 0 Å². The molecule has 0 unspecified atom stereocenters. The summed E-state index contributed by atoms with van der Waals surface area (Å²) >= 11 is 12.8. The van der Waals surface area contributed by atoms with Crippen LogP contribution in [0.5, 0.6) is 5.75 Å². The van der Waals surface area contributed by atoms with Crippen LogP contribution in [0.2, 0.25) is 10.0 Å². The van der Waals surface area contributed by atoms with Crippen LogP contribution in [-0.2, 0) is 0 Å². The van der Waals surface area contributed by atoms with E-state index >= 15 is 0 Å². The van der Waals surface area contributed by atoms with Crippen LogP contribution in [0.1, 0.15) is 35.1 Å². The third kappa shape index (κ3) is 2.32. The van der Waals surface area contributed by atoms with Crippen molar-refractivity contribution in [1.82, 2.24) is 0 Å². The van der Waals surface area contributed by atoms with E-state index in [4.69, 9.17) is 27.9 Å². The fraction of sp³-hybridized carbons (Fsp3) is 0.300. The van der Waals surface area contributed by atoms with E-state index in [2.05, 4.69) is 36.5 Å². The number of rotatable bonds is 2. The van der Waals surface area contributed by atoms with E-state index in [0.717, 1.165) is 23.4 Å². The molecule has 4 rings (SSSR count). The summed E-state index contributed by atoms with van der Waals surface area (Å²) in [4.78, 5) is 0. The Morgan fingerprint density at radius 2 is 2.00 bits per heavy atom. The molecule has 1 heterocycles. The zero-order chi connectivity index (χ0) is 16.8. The molecule has 0 bridgehead atoms. The van der Waals surface area contributed by atoms with Gasteiger partial charge in [0.1, 0.15) is 5.75 Å². The largest absolute Gasteiger partial charge is 0.495 e. The Labute approximate surface area is 152 Å². The second kappa shape index (κ2) is 6.02. The Balaban J connectivity index is 1.89. The Hall–Kier alpha value is -1.64. The van der Waals surface area contributed by atoms with Gasteiger partial charge in [0, 0.05) is 5.92 Å². The van der Waals surface area contributed by atoms with Crippen LogP contribution in [0.4, 0.5) is 5.69 Å². The Kier molecular flexibility index (Phi) is 3.98. The van der Waals surface area contributed by atoms with Crippen molar-refractivity contribution in [2.24, 2.45) is 5.92 Å². The molecule has 2 nitrogen and oxygen atoms in total. The molecule has 0 amide bonds. The van der Waals surface area contributed by atoms with E-state index in [9.17, 15) is 0 Å². The maximum Gasteiger partial charge on any atom is 0.142 e. The summed E-state index contributed by atoms with van der Waals surface area (Å²) in [5.74, 6) is 1.67. The van der Waals surface area contributed by atoms with Gasteiger partial charge in [0.2, 0.25) is 0 Å². The lowest BCUT2D eigenvalue weighted by Crippen LogP contribution is -2.30. The Morgan fingerprint density at radius 1 is 1.17 bits per heavy atom. The van der Waals surface area contributed by atoms with Crippen LogP contribution in [0.3, 0.4) is 0 Å². The summed E-state index contributed by atoms with van der Waals surface area (Å²) in [5, 5.41) is 4.94. The molecule has 0 saturated carbocycles. The minimum Gasteiger partial charge on any atom is -0.495 e. The van der Waals surface area contributed by atoms with Crippen molar-refractivity contribution in [1.29, 1.82) is 0 Å². The van der Waals surface area contributed by atoms with Crippen LogP contribution in [0.25, 0.3) is 0 Å². The first-order valence-electron chi connectivity index (χ1n) is 8.16. The molecule has 1 aliphatic heterocycles. The van der Waals surface area contributed by atoms with Crippen molar-refractivity contribution in [2.75, 3.05) is 12.4 Å². The molecular weight excluding hydrogens is 341 g/mol. The lowest BCUT2D eigenvalue weighted by molar-refractivity contribution is 0.396. The number of anilines is 1. The summed E-state index contributed by atoms with van der Waals surface area (Å²) in [7, 11) is 1.71. The van der Waals surface area contributed by atoms with E-state index in [1.807, 2.05) is 18.2 Å². The van der Waals surface area contributed by atoms with E-state index in [-0.39, 0.29) is 6.04 Å². The fourth-order valence-electron chi connectivity index (χ4n) is 4.11. The van der Waals surface area contributed by atoms with Gasteiger partial charge in [-0.2, -0.15) is 0 Å². The summed E-state index contributed by atoms with van der Waals surface area (Å²) in [6.45, 7) is 2.16. The summed E-state index contributed by atoms with van der Waals surface area (Å²) < 4.78 is 5.61. The van der Waals surface area contributed by atoms with Crippen molar-refractivity contribution >= 4 is 28.9 Å². The molecule has 24 heavy (non-hydrogen) atoms. The molecule has 1 N–H and O–H groups in total. The van der Waals surface area contributed by atoms with Crippen molar-refractivity contribution < 1.29 is 4.74 Å². The standard InChI is InChI=1S/C20H19Cl2NO/c1-11-9-10-16(24-2)20-17(11)12-5-3-6-13(12)19(23-20)14-7-4-8-15(21)18(14)22/h3-5,7-10,12-13,19,23H,6H2,1-2H3/t12-,13+,19+/m1/s1. The van der Waals surface area contributed by atoms with Gasteiger partial charge in [-0.1, -0.05) is 53.6 Å². The summed E-state index contributed by atoms with van der Waals surface area (Å²) in [6.07, 6.45) is 5.62. The first kappa shape index (κ1) is 15.9. The average molecular weight is 360 g/mol. The van der Waals surface area contributed by atoms with Gasteiger partial charge in [-0.05, 0) is 48.1 Å². The van der Waals surface area contributed by atoms with Crippen LogP contribution in [0.15, 0.2) is 42.5 Å². The van der Waals surface area contributed by atoms with Gasteiger partial charge in [0.25, 0.3) is 0 Å². The summed E-state index contributed by atoms with van der Waals surface area (Å²) in [6, 6.07) is 10.1. The molecule has 0 fully saturated rings. The van der Waals surface area contributed by atoms with Crippen molar-refractivity contribution in [2.45, 2.75) is 25.3 Å².